The van der Waals surface area contributed by atoms with Crippen molar-refractivity contribution in [2.24, 2.45) is 0 Å². The zero-order valence-electron chi connectivity index (χ0n) is 15.9. The van der Waals surface area contributed by atoms with E-state index >= 15 is 0 Å². The fraction of sp³-hybridized carbons (Fsp3) is 0.400. The summed E-state index contributed by atoms with van der Waals surface area (Å²) in [7, 11) is 1.59. The first-order chi connectivity index (χ1) is 13.7. The summed E-state index contributed by atoms with van der Waals surface area (Å²) in [6.07, 6.45) is -1.69. The van der Waals surface area contributed by atoms with E-state index in [1.54, 1.807) is 24.1 Å². The number of carbonyl (C=O) groups is 2. The maximum Gasteiger partial charge on any atom is 0.416 e. The van der Waals surface area contributed by atoms with Gasteiger partial charge in [0.05, 0.1) is 11.8 Å². The van der Waals surface area contributed by atoms with Crippen LogP contribution in [0.3, 0.4) is 0 Å². The summed E-state index contributed by atoms with van der Waals surface area (Å²) in [5.74, 6) is 0.128. The van der Waals surface area contributed by atoms with Gasteiger partial charge in [-0.3, -0.25) is 4.79 Å². The van der Waals surface area contributed by atoms with Gasteiger partial charge in [0.2, 0.25) is 0 Å². The van der Waals surface area contributed by atoms with Gasteiger partial charge in [-0.05, 0) is 42.7 Å². The van der Waals surface area contributed by atoms with Gasteiger partial charge >= 0.3 is 12.2 Å². The number of nitrogens with zero attached hydrogens (tertiary/aromatic N) is 2. The number of alkyl halides is 3. The summed E-state index contributed by atoms with van der Waals surface area (Å²) in [4.78, 5) is 27.7. The van der Waals surface area contributed by atoms with Gasteiger partial charge in [-0.25, -0.2) is 4.79 Å². The monoisotopic (exact) mass is 409 g/mol. The second kappa shape index (κ2) is 8.59. The molecule has 0 spiro atoms. The average molecular weight is 409 g/mol. The Morgan fingerprint density at radius 2 is 1.83 bits per heavy atom. The molecule has 0 aliphatic carbocycles. The SMILES string of the molecule is CN(Cc1ccc(C(F)(F)F)cc1)C(=O)NC1CCN(C(=O)c2ccco2)CC1. The fourth-order valence-corrected chi connectivity index (χ4v) is 3.21. The van der Waals surface area contributed by atoms with Gasteiger partial charge in [-0.1, -0.05) is 12.1 Å². The third-order valence-electron chi connectivity index (χ3n) is 4.89. The van der Waals surface area contributed by atoms with E-state index in [1.165, 1.54) is 23.3 Å². The highest BCUT2D eigenvalue weighted by atomic mass is 19.4. The van der Waals surface area contributed by atoms with Crippen LogP contribution in [-0.4, -0.2) is 47.9 Å². The molecule has 6 nitrogen and oxygen atoms in total. The Bertz CT molecular complexity index is 827. The number of likely N-dealkylation sites (tertiary alicyclic amines) is 1. The molecule has 29 heavy (non-hydrogen) atoms. The van der Waals surface area contributed by atoms with Gasteiger partial charge in [0.15, 0.2) is 5.76 Å². The molecule has 3 amide bonds. The number of piperidine rings is 1. The van der Waals surface area contributed by atoms with Crippen molar-refractivity contribution in [2.75, 3.05) is 20.1 Å². The number of benzene rings is 1. The first-order valence-electron chi connectivity index (χ1n) is 9.24. The van der Waals surface area contributed by atoms with Crippen molar-refractivity contribution in [2.45, 2.75) is 31.6 Å². The first kappa shape index (κ1) is 20.8. The lowest BCUT2D eigenvalue weighted by Crippen LogP contribution is -2.49. The van der Waals surface area contributed by atoms with E-state index in [9.17, 15) is 22.8 Å². The number of carbonyl (C=O) groups excluding carboxylic acids is 2. The number of halogens is 3. The second-order valence-corrected chi connectivity index (χ2v) is 7.04. The van der Waals surface area contributed by atoms with E-state index in [2.05, 4.69) is 5.32 Å². The minimum atomic E-state index is -4.38. The molecule has 1 aromatic heterocycles. The molecule has 2 heterocycles. The molecule has 1 N–H and O–H groups in total. The zero-order valence-corrected chi connectivity index (χ0v) is 15.9. The number of rotatable bonds is 4. The number of furan rings is 1. The lowest BCUT2D eigenvalue weighted by molar-refractivity contribution is -0.137. The van der Waals surface area contributed by atoms with Crippen molar-refractivity contribution < 1.29 is 27.2 Å². The molecule has 1 saturated heterocycles. The van der Waals surface area contributed by atoms with Crippen molar-refractivity contribution in [3.63, 3.8) is 0 Å². The molecule has 0 unspecified atom stereocenters. The fourth-order valence-electron chi connectivity index (χ4n) is 3.21. The summed E-state index contributed by atoms with van der Waals surface area (Å²) in [5, 5.41) is 2.91. The van der Waals surface area contributed by atoms with Crippen LogP contribution in [0.1, 0.15) is 34.5 Å². The molecule has 1 fully saturated rings. The zero-order chi connectivity index (χ0) is 21.0. The molecule has 3 rings (SSSR count). The van der Waals surface area contributed by atoms with Crippen molar-refractivity contribution >= 4 is 11.9 Å². The van der Waals surface area contributed by atoms with E-state index < -0.39 is 11.7 Å². The molecule has 1 aliphatic heterocycles. The Hall–Kier alpha value is -2.97. The summed E-state index contributed by atoms with van der Waals surface area (Å²) < 4.78 is 43.0. The molecule has 0 saturated carbocycles. The molecule has 2 aromatic rings. The molecule has 156 valence electrons. The van der Waals surface area contributed by atoms with E-state index in [0.29, 0.717) is 37.3 Å². The van der Waals surface area contributed by atoms with Crippen LogP contribution in [0.4, 0.5) is 18.0 Å². The standard InChI is InChI=1S/C20H22F3N3O3/c1-25(13-14-4-6-15(7-5-14)20(21,22)23)19(28)24-16-8-10-26(11-9-16)18(27)17-3-2-12-29-17/h2-7,12,16H,8-11,13H2,1H3,(H,24,28). The van der Waals surface area contributed by atoms with E-state index in [4.69, 9.17) is 4.42 Å². The lowest BCUT2D eigenvalue weighted by Gasteiger charge is -2.32. The maximum atomic E-state index is 12.6. The molecule has 1 aromatic carbocycles. The summed E-state index contributed by atoms with van der Waals surface area (Å²) in [6, 6.07) is 7.65. The van der Waals surface area contributed by atoms with Crippen LogP contribution < -0.4 is 5.32 Å². The highest BCUT2D eigenvalue weighted by molar-refractivity contribution is 5.91. The number of hydrogen-bond acceptors (Lipinski definition) is 3. The van der Waals surface area contributed by atoms with Crippen LogP contribution in [-0.2, 0) is 12.7 Å². The minimum absolute atomic E-state index is 0.0711. The van der Waals surface area contributed by atoms with Crippen LogP contribution in [0.25, 0.3) is 0 Å². The Balaban J connectivity index is 1.46. The summed E-state index contributed by atoms with van der Waals surface area (Å²) in [5.41, 5.74) is -0.112. The number of urea groups is 1. The van der Waals surface area contributed by atoms with Crippen molar-refractivity contribution in [1.82, 2.24) is 15.1 Å². The molecule has 1 aliphatic rings. The second-order valence-electron chi connectivity index (χ2n) is 7.04. The lowest BCUT2D eigenvalue weighted by atomic mass is 10.0. The predicted octanol–water partition coefficient (Wildman–Crippen LogP) is 3.74. The smallest absolute Gasteiger partial charge is 0.416 e. The quantitative estimate of drug-likeness (QED) is 0.837. The van der Waals surface area contributed by atoms with Crippen LogP contribution in [0.5, 0.6) is 0 Å². The Kier molecular flexibility index (Phi) is 6.14. The molecule has 0 atom stereocenters. The molecular weight excluding hydrogens is 387 g/mol. The topological polar surface area (TPSA) is 65.8 Å². The molecule has 0 bridgehead atoms. The average Bonchev–Trinajstić information content (AvgIpc) is 3.22. The van der Waals surface area contributed by atoms with E-state index in [1.807, 2.05) is 0 Å². The molecular formula is C20H22F3N3O3. The Morgan fingerprint density at radius 1 is 1.17 bits per heavy atom. The van der Waals surface area contributed by atoms with Crippen LogP contribution >= 0.6 is 0 Å². The largest absolute Gasteiger partial charge is 0.459 e. The number of hydrogen-bond donors (Lipinski definition) is 1. The normalized spacial score (nSPS) is 15.2. The molecule has 9 heteroatoms. The van der Waals surface area contributed by atoms with Crippen LogP contribution in [0.2, 0.25) is 0 Å². The molecule has 0 radical (unpaired) electrons. The van der Waals surface area contributed by atoms with E-state index in [0.717, 1.165) is 12.1 Å². The number of amides is 3. The van der Waals surface area contributed by atoms with Crippen molar-refractivity contribution in [3.8, 4) is 0 Å². The summed E-state index contributed by atoms with van der Waals surface area (Å²) >= 11 is 0. The minimum Gasteiger partial charge on any atom is -0.459 e. The Morgan fingerprint density at radius 3 is 2.38 bits per heavy atom. The van der Waals surface area contributed by atoms with E-state index in [-0.39, 0.29) is 24.5 Å². The predicted molar refractivity (Wildman–Crippen MR) is 99.1 cm³/mol. The summed E-state index contributed by atoms with van der Waals surface area (Å²) in [6.45, 7) is 1.21. The third kappa shape index (κ3) is 5.30. The van der Waals surface area contributed by atoms with Crippen molar-refractivity contribution in [1.29, 1.82) is 0 Å². The van der Waals surface area contributed by atoms with Gasteiger partial charge in [0.1, 0.15) is 0 Å². The van der Waals surface area contributed by atoms with Crippen LogP contribution in [0, 0.1) is 0 Å². The van der Waals surface area contributed by atoms with Gasteiger partial charge in [-0.15, -0.1) is 0 Å². The number of nitrogens with one attached hydrogen (secondary N) is 1. The van der Waals surface area contributed by atoms with Gasteiger partial charge < -0.3 is 19.5 Å². The van der Waals surface area contributed by atoms with Gasteiger partial charge in [-0.2, -0.15) is 13.2 Å². The van der Waals surface area contributed by atoms with Gasteiger partial charge in [0.25, 0.3) is 5.91 Å². The first-order valence-corrected chi connectivity index (χ1v) is 9.24. The highest BCUT2D eigenvalue weighted by Crippen LogP contribution is 2.29. The van der Waals surface area contributed by atoms with Gasteiger partial charge in [0, 0.05) is 32.7 Å². The van der Waals surface area contributed by atoms with Crippen molar-refractivity contribution in [3.05, 3.63) is 59.5 Å². The Labute approximate surface area is 166 Å². The third-order valence-corrected chi connectivity index (χ3v) is 4.89. The highest BCUT2D eigenvalue weighted by Gasteiger charge is 2.30. The van der Waals surface area contributed by atoms with Crippen LogP contribution in [0.15, 0.2) is 47.1 Å². The maximum absolute atomic E-state index is 12.6.